The van der Waals surface area contributed by atoms with E-state index >= 15 is 0 Å². The lowest BCUT2D eigenvalue weighted by Crippen LogP contribution is -2.30. The van der Waals surface area contributed by atoms with Crippen LogP contribution >= 0.6 is 11.3 Å². The second-order valence-electron chi connectivity index (χ2n) is 5.62. The van der Waals surface area contributed by atoms with E-state index in [0.29, 0.717) is 6.54 Å². The van der Waals surface area contributed by atoms with E-state index < -0.39 is 0 Å². The molecule has 4 rings (SSSR count). The fourth-order valence-corrected chi connectivity index (χ4v) is 3.89. The lowest BCUT2D eigenvalue weighted by molar-refractivity contribution is 0.0777. The molecule has 5 heteroatoms. The first-order valence-electron chi connectivity index (χ1n) is 7.64. The van der Waals surface area contributed by atoms with Crippen LogP contribution < -0.4 is 4.74 Å². The van der Waals surface area contributed by atoms with Gasteiger partial charge < -0.3 is 9.64 Å². The maximum Gasteiger partial charge on any atom is 0.264 e. The van der Waals surface area contributed by atoms with Crippen molar-refractivity contribution in [2.75, 3.05) is 13.1 Å². The Morgan fingerprint density at radius 2 is 2.17 bits per heavy atom. The van der Waals surface area contributed by atoms with Crippen molar-refractivity contribution in [3.05, 3.63) is 59.7 Å². The van der Waals surface area contributed by atoms with Crippen LogP contribution in [0.3, 0.4) is 0 Å². The van der Waals surface area contributed by atoms with E-state index in [1.54, 1.807) is 23.7 Å². The Bertz CT molecular complexity index is 798. The van der Waals surface area contributed by atoms with Gasteiger partial charge in [-0.25, -0.2) is 0 Å². The van der Waals surface area contributed by atoms with Crippen molar-refractivity contribution in [1.29, 1.82) is 0 Å². The third kappa shape index (κ3) is 2.92. The summed E-state index contributed by atoms with van der Waals surface area (Å²) in [5.41, 5.74) is 0. The maximum atomic E-state index is 12.7. The molecule has 1 aliphatic rings. The molecule has 0 radical (unpaired) electrons. The quantitative estimate of drug-likeness (QED) is 0.739. The Morgan fingerprint density at radius 3 is 3.00 bits per heavy atom. The van der Waals surface area contributed by atoms with Crippen LogP contribution in [0.4, 0.5) is 0 Å². The first-order chi connectivity index (χ1) is 11.3. The molecule has 116 valence electrons. The highest BCUT2D eigenvalue weighted by Gasteiger charge is 2.29. The molecule has 23 heavy (non-hydrogen) atoms. The van der Waals surface area contributed by atoms with E-state index in [9.17, 15) is 4.79 Å². The second-order valence-corrected chi connectivity index (χ2v) is 6.70. The molecule has 0 aliphatic carbocycles. The van der Waals surface area contributed by atoms with Gasteiger partial charge in [-0.05, 0) is 29.7 Å². The Labute approximate surface area is 138 Å². The number of amides is 1. The molecule has 1 unspecified atom stereocenters. The van der Waals surface area contributed by atoms with E-state index in [4.69, 9.17) is 4.74 Å². The summed E-state index contributed by atoms with van der Waals surface area (Å²) in [4.78, 5) is 19.4. The van der Waals surface area contributed by atoms with Crippen molar-refractivity contribution in [2.45, 2.75) is 12.5 Å². The summed E-state index contributed by atoms with van der Waals surface area (Å²) in [6.07, 6.45) is 4.32. The maximum absolute atomic E-state index is 12.7. The summed E-state index contributed by atoms with van der Waals surface area (Å²) in [6, 6.07) is 13.8. The summed E-state index contributed by atoms with van der Waals surface area (Å²) in [5.74, 6) is 0.858. The van der Waals surface area contributed by atoms with E-state index in [-0.39, 0.29) is 12.0 Å². The molecule has 0 N–H and O–H groups in total. The van der Waals surface area contributed by atoms with Gasteiger partial charge in [-0.1, -0.05) is 18.2 Å². The number of fused-ring (bicyclic) bond motifs is 1. The molecule has 1 saturated heterocycles. The number of likely N-dealkylation sites (tertiary alicyclic amines) is 1. The standard InChI is InChI=1S/C18H16N2O2S/c21-18(17-10-13-4-1-2-6-16(13)23-17)20-9-7-15(12-20)22-14-5-3-8-19-11-14/h1-6,8,10-11,15H,7,9,12H2. The number of rotatable bonds is 3. The minimum atomic E-state index is 0.0394. The number of aromatic nitrogens is 1. The highest BCUT2D eigenvalue weighted by Crippen LogP contribution is 2.27. The Morgan fingerprint density at radius 1 is 1.26 bits per heavy atom. The van der Waals surface area contributed by atoms with Crippen LogP contribution in [0.25, 0.3) is 10.1 Å². The van der Waals surface area contributed by atoms with Crippen LogP contribution in [0.15, 0.2) is 54.9 Å². The van der Waals surface area contributed by atoms with Gasteiger partial charge in [0.15, 0.2) is 0 Å². The largest absolute Gasteiger partial charge is 0.487 e. The Hall–Kier alpha value is -2.40. The molecule has 0 saturated carbocycles. The number of hydrogen-bond donors (Lipinski definition) is 0. The monoisotopic (exact) mass is 324 g/mol. The summed E-state index contributed by atoms with van der Waals surface area (Å²) in [5, 5.41) is 1.13. The van der Waals surface area contributed by atoms with E-state index in [0.717, 1.165) is 33.7 Å². The predicted molar refractivity (Wildman–Crippen MR) is 91.0 cm³/mol. The third-order valence-corrected chi connectivity index (χ3v) is 5.11. The number of carbonyl (C=O) groups is 1. The van der Waals surface area contributed by atoms with Crippen LogP contribution in [0.1, 0.15) is 16.1 Å². The summed E-state index contributed by atoms with van der Waals surface area (Å²) in [6.45, 7) is 1.36. The topological polar surface area (TPSA) is 42.4 Å². The SMILES string of the molecule is O=C(c1cc2ccccc2s1)N1CCC(Oc2cccnc2)C1. The normalized spacial score (nSPS) is 17.6. The second kappa shape index (κ2) is 6.01. The zero-order chi connectivity index (χ0) is 15.6. The first kappa shape index (κ1) is 14.2. The number of pyridine rings is 1. The molecule has 1 atom stereocenters. The third-order valence-electron chi connectivity index (χ3n) is 4.01. The number of hydrogen-bond acceptors (Lipinski definition) is 4. The molecule has 3 heterocycles. The van der Waals surface area contributed by atoms with Crippen LogP contribution in [0, 0.1) is 0 Å². The Kier molecular flexibility index (Phi) is 3.71. The average molecular weight is 324 g/mol. The van der Waals surface area contributed by atoms with Gasteiger partial charge in [0.1, 0.15) is 11.9 Å². The molecular formula is C18H16N2O2S. The molecule has 0 bridgehead atoms. The highest BCUT2D eigenvalue weighted by atomic mass is 32.1. The molecular weight excluding hydrogens is 308 g/mol. The van der Waals surface area contributed by atoms with Crippen LogP contribution in [0.5, 0.6) is 5.75 Å². The van der Waals surface area contributed by atoms with Gasteiger partial charge in [0.25, 0.3) is 5.91 Å². The van der Waals surface area contributed by atoms with Gasteiger partial charge in [0.05, 0.1) is 17.6 Å². The van der Waals surface area contributed by atoms with Crippen molar-refractivity contribution in [3.8, 4) is 5.75 Å². The summed E-state index contributed by atoms with van der Waals surface area (Å²) < 4.78 is 7.05. The summed E-state index contributed by atoms with van der Waals surface area (Å²) >= 11 is 1.56. The molecule has 1 aromatic carbocycles. The number of benzene rings is 1. The zero-order valence-electron chi connectivity index (χ0n) is 12.5. The molecule has 0 spiro atoms. The van der Waals surface area contributed by atoms with Crippen LogP contribution in [-0.2, 0) is 0 Å². The minimum absolute atomic E-state index is 0.0394. The lowest BCUT2D eigenvalue weighted by Gasteiger charge is -2.16. The van der Waals surface area contributed by atoms with Gasteiger partial charge in [-0.3, -0.25) is 9.78 Å². The number of thiophene rings is 1. The van der Waals surface area contributed by atoms with Crippen LogP contribution in [-0.4, -0.2) is 35.0 Å². The fourth-order valence-electron chi connectivity index (χ4n) is 2.86. The zero-order valence-corrected chi connectivity index (χ0v) is 13.3. The minimum Gasteiger partial charge on any atom is -0.487 e. The van der Waals surface area contributed by atoms with Gasteiger partial charge in [0.2, 0.25) is 0 Å². The van der Waals surface area contributed by atoms with Gasteiger partial charge in [-0.2, -0.15) is 0 Å². The van der Waals surface area contributed by atoms with Gasteiger partial charge in [-0.15, -0.1) is 11.3 Å². The van der Waals surface area contributed by atoms with Gasteiger partial charge in [0, 0.05) is 23.9 Å². The number of nitrogens with zero attached hydrogens (tertiary/aromatic N) is 2. The van der Waals surface area contributed by atoms with E-state index in [1.165, 1.54) is 0 Å². The first-order valence-corrected chi connectivity index (χ1v) is 8.46. The highest BCUT2D eigenvalue weighted by molar-refractivity contribution is 7.20. The van der Waals surface area contributed by atoms with Gasteiger partial charge >= 0.3 is 0 Å². The van der Waals surface area contributed by atoms with Crippen LogP contribution in [0.2, 0.25) is 0 Å². The molecule has 2 aromatic heterocycles. The average Bonchev–Trinajstić information content (AvgIpc) is 3.21. The molecule has 1 aliphatic heterocycles. The summed E-state index contributed by atoms with van der Waals surface area (Å²) in [7, 11) is 0. The van der Waals surface area contributed by atoms with Crippen molar-refractivity contribution in [1.82, 2.24) is 9.88 Å². The fraction of sp³-hybridized carbons (Fsp3) is 0.222. The van der Waals surface area contributed by atoms with Crippen molar-refractivity contribution < 1.29 is 9.53 Å². The van der Waals surface area contributed by atoms with Crippen molar-refractivity contribution in [3.63, 3.8) is 0 Å². The molecule has 4 nitrogen and oxygen atoms in total. The molecule has 1 fully saturated rings. The van der Waals surface area contributed by atoms with Crippen molar-refractivity contribution >= 4 is 27.3 Å². The lowest BCUT2D eigenvalue weighted by atomic mass is 10.2. The van der Waals surface area contributed by atoms with Crippen molar-refractivity contribution in [2.24, 2.45) is 0 Å². The van der Waals surface area contributed by atoms with E-state index in [2.05, 4.69) is 11.1 Å². The molecule has 3 aromatic rings. The predicted octanol–water partition coefficient (Wildman–Crippen LogP) is 3.59. The Balaban J connectivity index is 1.45. The number of carbonyl (C=O) groups excluding carboxylic acids is 1. The molecule has 1 amide bonds. The number of ether oxygens (including phenoxy) is 1. The van der Waals surface area contributed by atoms with E-state index in [1.807, 2.05) is 41.3 Å². The smallest absolute Gasteiger partial charge is 0.264 e.